The molecule has 1 aromatic carbocycles. The second-order valence-electron chi connectivity index (χ2n) is 7.28. The molecular formula is C20H24FN3O4. The number of benzene rings is 1. The number of ether oxygens (including phenoxy) is 1. The number of halogens is 1. The van der Waals surface area contributed by atoms with Crippen LogP contribution >= 0.6 is 0 Å². The Balaban J connectivity index is 1.88. The molecule has 3 rings (SSSR count). The molecule has 7 nitrogen and oxygen atoms in total. The number of cyclic esters (lactones) is 1. The quantitative estimate of drug-likeness (QED) is 0.631. The lowest BCUT2D eigenvalue weighted by atomic mass is 9.98. The molecule has 0 spiro atoms. The topological polar surface area (TPSA) is 79.0 Å². The first-order valence-corrected chi connectivity index (χ1v) is 9.23. The molecule has 1 heterocycles. The minimum absolute atomic E-state index is 0.0990. The molecule has 1 N–H and O–H groups in total. The van der Waals surface area contributed by atoms with Crippen molar-refractivity contribution in [1.29, 1.82) is 0 Å². The van der Waals surface area contributed by atoms with Crippen molar-refractivity contribution in [1.82, 2.24) is 10.2 Å². The van der Waals surface area contributed by atoms with E-state index in [1.54, 1.807) is 17.2 Å². The molecule has 150 valence electrons. The number of hydrogen-bond acceptors (Lipinski definition) is 5. The summed E-state index contributed by atoms with van der Waals surface area (Å²) in [4.78, 5) is 39.1. The van der Waals surface area contributed by atoms with Gasteiger partial charge in [0, 0.05) is 43.9 Å². The fourth-order valence-electron chi connectivity index (χ4n) is 3.53. The Labute approximate surface area is 163 Å². The molecule has 0 saturated carbocycles. The first-order chi connectivity index (χ1) is 13.3. The Morgan fingerprint density at radius 1 is 1.36 bits per heavy atom. The number of nitrogens with one attached hydrogen (secondary N) is 1. The number of hydrogen-bond donors (Lipinski definition) is 1. The predicted molar refractivity (Wildman–Crippen MR) is 102 cm³/mol. The van der Waals surface area contributed by atoms with Gasteiger partial charge in [-0.05, 0) is 31.4 Å². The average Bonchev–Trinajstić information content (AvgIpc) is 2.91. The number of carbonyl (C=O) groups excluding carboxylic acids is 3. The van der Waals surface area contributed by atoms with Crippen molar-refractivity contribution in [3.05, 3.63) is 40.8 Å². The molecule has 2 amide bonds. The van der Waals surface area contributed by atoms with Crippen LogP contribution in [0.2, 0.25) is 0 Å². The van der Waals surface area contributed by atoms with Gasteiger partial charge in [-0.25, -0.2) is 9.18 Å². The zero-order valence-electron chi connectivity index (χ0n) is 16.3. The maximum atomic E-state index is 15.3. The molecule has 28 heavy (non-hydrogen) atoms. The minimum atomic E-state index is -0.664. The lowest BCUT2D eigenvalue weighted by Gasteiger charge is -2.17. The van der Waals surface area contributed by atoms with Crippen LogP contribution in [0.5, 0.6) is 0 Å². The molecule has 1 aromatic rings. The zero-order chi connectivity index (χ0) is 20.4. The molecule has 1 fully saturated rings. The van der Waals surface area contributed by atoms with Crippen LogP contribution in [0.4, 0.5) is 14.9 Å². The van der Waals surface area contributed by atoms with Crippen molar-refractivity contribution in [3.63, 3.8) is 0 Å². The molecule has 0 unspecified atom stereocenters. The van der Waals surface area contributed by atoms with Crippen LogP contribution in [0, 0.1) is 5.82 Å². The van der Waals surface area contributed by atoms with Crippen molar-refractivity contribution in [2.45, 2.75) is 32.3 Å². The highest BCUT2D eigenvalue weighted by Gasteiger charge is 2.35. The van der Waals surface area contributed by atoms with E-state index in [0.29, 0.717) is 36.0 Å². The Kier molecular flexibility index (Phi) is 5.67. The van der Waals surface area contributed by atoms with E-state index in [1.807, 2.05) is 14.1 Å². The van der Waals surface area contributed by atoms with E-state index < -0.39 is 18.0 Å². The highest BCUT2D eigenvalue weighted by molar-refractivity contribution is 6.10. The van der Waals surface area contributed by atoms with Crippen molar-refractivity contribution in [2.75, 3.05) is 32.1 Å². The molecule has 0 bridgehead atoms. The van der Waals surface area contributed by atoms with Crippen LogP contribution in [-0.2, 0) is 16.0 Å². The summed E-state index contributed by atoms with van der Waals surface area (Å²) in [5, 5.41) is 2.59. The maximum Gasteiger partial charge on any atom is 0.414 e. The molecule has 0 aromatic heterocycles. The van der Waals surface area contributed by atoms with Crippen molar-refractivity contribution in [3.8, 4) is 0 Å². The first-order valence-electron chi connectivity index (χ1n) is 9.23. The fourth-order valence-corrected chi connectivity index (χ4v) is 3.53. The van der Waals surface area contributed by atoms with Crippen LogP contribution in [0.25, 0.3) is 0 Å². The highest BCUT2D eigenvalue weighted by atomic mass is 19.1. The van der Waals surface area contributed by atoms with E-state index in [4.69, 9.17) is 4.74 Å². The normalized spacial score (nSPS) is 20.6. The summed E-state index contributed by atoms with van der Waals surface area (Å²) in [5.41, 5.74) is 1.42. The first kappa shape index (κ1) is 19.9. The van der Waals surface area contributed by atoms with Crippen molar-refractivity contribution < 1.29 is 23.5 Å². The summed E-state index contributed by atoms with van der Waals surface area (Å²) < 4.78 is 20.5. The number of amides is 2. The predicted octanol–water partition coefficient (Wildman–Crippen LogP) is 2.25. The third kappa shape index (κ3) is 4.00. The van der Waals surface area contributed by atoms with E-state index in [0.717, 1.165) is 0 Å². The van der Waals surface area contributed by atoms with Crippen molar-refractivity contribution >= 4 is 23.5 Å². The van der Waals surface area contributed by atoms with Gasteiger partial charge in [-0.1, -0.05) is 0 Å². The summed E-state index contributed by atoms with van der Waals surface area (Å²) >= 11 is 0. The van der Waals surface area contributed by atoms with Crippen LogP contribution in [-0.4, -0.2) is 56.0 Å². The summed E-state index contributed by atoms with van der Waals surface area (Å²) in [7, 11) is 3.68. The Morgan fingerprint density at radius 3 is 2.79 bits per heavy atom. The smallest absolute Gasteiger partial charge is 0.414 e. The molecule has 1 atom stereocenters. The van der Waals surface area contributed by atoms with Gasteiger partial charge in [0.1, 0.15) is 6.10 Å². The second-order valence-corrected chi connectivity index (χ2v) is 7.28. The fraction of sp³-hybridized carbons (Fsp3) is 0.450. The molecule has 2 aliphatic rings. The Morgan fingerprint density at radius 2 is 2.11 bits per heavy atom. The Bertz CT molecular complexity index is 850. The number of fused-ring (bicyclic) bond motifs is 1. The van der Waals surface area contributed by atoms with Gasteiger partial charge >= 0.3 is 6.09 Å². The van der Waals surface area contributed by atoms with Crippen LogP contribution in [0.15, 0.2) is 23.9 Å². The van der Waals surface area contributed by atoms with Gasteiger partial charge in [0.2, 0.25) is 5.91 Å². The summed E-state index contributed by atoms with van der Waals surface area (Å²) in [6.45, 7) is 1.67. The SMILES string of the molecule is CC(=O)NC[C@H]1CN(c2ccc3c(c2F)CCC/C(=C\N(C)C)C3=O)C(=O)O1. The van der Waals surface area contributed by atoms with Gasteiger partial charge in [-0.3, -0.25) is 14.5 Å². The van der Waals surface area contributed by atoms with Crippen LogP contribution in [0.1, 0.15) is 35.7 Å². The lowest BCUT2D eigenvalue weighted by Crippen LogP contribution is -2.33. The number of allylic oxidation sites excluding steroid dienone is 1. The average molecular weight is 389 g/mol. The standard InChI is InChI=1S/C20H24FN3O4/c1-12(25)22-9-14-11-24(20(27)28-14)17-8-7-16-15(18(17)21)6-4-5-13(19(16)26)10-23(2)3/h7-8,10,14H,4-6,9,11H2,1-3H3,(H,22,25)/b13-10+/t14-/m0/s1. The molecule has 1 saturated heterocycles. The minimum Gasteiger partial charge on any atom is -0.442 e. The second kappa shape index (κ2) is 8.00. The molecular weight excluding hydrogens is 365 g/mol. The van der Waals surface area contributed by atoms with E-state index in [2.05, 4.69) is 5.32 Å². The van der Waals surface area contributed by atoms with E-state index in [9.17, 15) is 14.4 Å². The van der Waals surface area contributed by atoms with E-state index in [1.165, 1.54) is 17.9 Å². The highest BCUT2D eigenvalue weighted by Crippen LogP contribution is 2.33. The molecule has 0 radical (unpaired) electrons. The van der Waals surface area contributed by atoms with Gasteiger partial charge in [0.15, 0.2) is 11.6 Å². The number of carbonyl (C=O) groups is 3. The zero-order valence-corrected chi connectivity index (χ0v) is 16.3. The number of anilines is 1. The van der Waals surface area contributed by atoms with E-state index >= 15 is 4.39 Å². The molecule has 1 aliphatic heterocycles. The summed E-state index contributed by atoms with van der Waals surface area (Å²) in [6.07, 6.45) is 2.20. The largest absolute Gasteiger partial charge is 0.442 e. The maximum absolute atomic E-state index is 15.3. The molecule has 1 aliphatic carbocycles. The third-order valence-corrected chi connectivity index (χ3v) is 4.79. The van der Waals surface area contributed by atoms with Crippen molar-refractivity contribution in [2.24, 2.45) is 0 Å². The van der Waals surface area contributed by atoms with E-state index in [-0.39, 0.29) is 30.5 Å². The number of ketones is 1. The number of nitrogens with zero attached hydrogens (tertiary/aromatic N) is 2. The van der Waals surface area contributed by atoms with Gasteiger partial charge in [0.05, 0.1) is 18.8 Å². The number of Topliss-reactive ketones (excluding diaryl/α,β-unsaturated/α-hetero) is 1. The summed E-state index contributed by atoms with van der Waals surface area (Å²) in [5.74, 6) is -0.973. The monoisotopic (exact) mass is 389 g/mol. The lowest BCUT2D eigenvalue weighted by molar-refractivity contribution is -0.119. The van der Waals surface area contributed by atoms with Crippen LogP contribution < -0.4 is 10.2 Å². The van der Waals surface area contributed by atoms with Gasteiger partial charge < -0.3 is 15.0 Å². The van der Waals surface area contributed by atoms with Gasteiger partial charge in [-0.15, -0.1) is 0 Å². The van der Waals surface area contributed by atoms with Gasteiger partial charge in [-0.2, -0.15) is 0 Å². The van der Waals surface area contributed by atoms with Crippen LogP contribution in [0.3, 0.4) is 0 Å². The van der Waals surface area contributed by atoms with Gasteiger partial charge in [0.25, 0.3) is 0 Å². The Hall–Kier alpha value is -2.90. The summed E-state index contributed by atoms with van der Waals surface area (Å²) in [6, 6.07) is 3.03. The molecule has 8 heteroatoms. The third-order valence-electron chi connectivity index (χ3n) is 4.79. The number of rotatable bonds is 4.